The first-order valence-electron chi connectivity index (χ1n) is 3.60. The predicted molar refractivity (Wildman–Crippen MR) is 38.9 cm³/mol. The third-order valence-corrected chi connectivity index (χ3v) is 1.61. The number of ether oxygens (including phenoxy) is 1. The lowest BCUT2D eigenvalue weighted by Gasteiger charge is -2.09. The Morgan fingerprint density at radius 2 is 2.15 bits per heavy atom. The molecule has 1 aromatic rings. The zero-order chi connectivity index (χ0) is 10.1. The molecule has 0 saturated heterocycles. The summed E-state index contributed by atoms with van der Waals surface area (Å²) >= 11 is 0. The van der Waals surface area contributed by atoms with Crippen molar-refractivity contribution in [2.75, 3.05) is 7.11 Å². The van der Waals surface area contributed by atoms with Crippen molar-refractivity contribution >= 4 is 0 Å². The molecule has 0 aromatic carbocycles. The highest BCUT2D eigenvalue weighted by molar-refractivity contribution is 5.03. The SMILES string of the molecule is COC(C)n1ccc(C(F)(F)F)n1. The van der Waals surface area contributed by atoms with Crippen molar-refractivity contribution in [1.29, 1.82) is 0 Å². The molecule has 74 valence electrons. The molecule has 1 heterocycles. The van der Waals surface area contributed by atoms with Crippen LogP contribution in [0.5, 0.6) is 0 Å². The number of halogens is 3. The lowest BCUT2D eigenvalue weighted by Crippen LogP contribution is -2.11. The summed E-state index contributed by atoms with van der Waals surface area (Å²) in [5, 5.41) is 3.32. The van der Waals surface area contributed by atoms with Gasteiger partial charge in [-0.25, -0.2) is 4.68 Å². The van der Waals surface area contributed by atoms with E-state index in [2.05, 4.69) is 5.10 Å². The molecule has 1 rings (SSSR count). The van der Waals surface area contributed by atoms with E-state index in [1.165, 1.54) is 13.3 Å². The van der Waals surface area contributed by atoms with Crippen molar-refractivity contribution in [3.63, 3.8) is 0 Å². The second-order valence-electron chi connectivity index (χ2n) is 2.51. The van der Waals surface area contributed by atoms with E-state index in [0.29, 0.717) is 0 Å². The van der Waals surface area contributed by atoms with Crippen molar-refractivity contribution in [3.05, 3.63) is 18.0 Å². The molecule has 0 spiro atoms. The molecular formula is C7H9F3N2O. The van der Waals surface area contributed by atoms with Gasteiger partial charge in [-0.05, 0) is 13.0 Å². The van der Waals surface area contributed by atoms with Gasteiger partial charge < -0.3 is 4.74 Å². The van der Waals surface area contributed by atoms with Crippen LogP contribution in [0.3, 0.4) is 0 Å². The minimum Gasteiger partial charge on any atom is -0.360 e. The van der Waals surface area contributed by atoms with Crippen LogP contribution in [-0.2, 0) is 10.9 Å². The van der Waals surface area contributed by atoms with Gasteiger partial charge in [0, 0.05) is 13.3 Å². The summed E-state index contributed by atoms with van der Waals surface area (Å²) in [5.74, 6) is 0. The second-order valence-corrected chi connectivity index (χ2v) is 2.51. The summed E-state index contributed by atoms with van der Waals surface area (Å²) in [7, 11) is 1.40. The second kappa shape index (κ2) is 3.37. The van der Waals surface area contributed by atoms with Gasteiger partial charge in [0.05, 0.1) is 0 Å². The molecule has 0 bridgehead atoms. The molecule has 13 heavy (non-hydrogen) atoms. The Morgan fingerprint density at radius 3 is 2.54 bits per heavy atom. The van der Waals surface area contributed by atoms with Crippen LogP contribution in [0.15, 0.2) is 12.3 Å². The number of aromatic nitrogens is 2. The molecule has 1 aromatic heterocycles. The standard InChI is InChI=1S/C7H9F3N2O/c1-5(13-2)12-4-3-6(11-12)7(8,9)10/h3-5H,1-2H3. The minimum absolute atomic E-state index is 0.490. The summed E-state index contributed by atoms with van der Waals surface area (Å²) in [6.45, 7) is 1.60. The normalized spacial score (nSPS) is 14.5. The molecule has 0 saturated carbocycles. The minimum atomic E-state index is -4.39. The highest BCUT2D eigenvalue weighted by Crippen LogP contribution is 2.27. The molecule has 0 radical (unpaired) electrons. The van der Waals surface area contributed by atoms with Crippen molar-refractivity contribution in [2.45, 2.75) is 19.3 Å². The van der Waals surface area contributed by atoms with E-state index in [4.69, 9.17) is 4.74 Å². The molecule has 0 aliphatic rings. The van der Waals surface area contributed by atoms with Gasteiger partial charge >= 0.3 is 6.18 Å². The highest BCUT2D eigenvalue weighted by Gasteiger charge is 2.33. The molecule has 1 atom stereocenters. The third kappa shape index (κ3) is 2.21. The van der Waals surface area contributed by atoms with Crippen LogP contribution in [0.1, 0.15) is 18.8 Å². The fraction of sp³-hybridized carbons (Fsp3) is 0.571. The number of rotatable bonds is 2. The zero-order valence-corrected chi connectivity index (χ0v) is 7.17. The Balaban J connectivity index is 2.87. The lowest BCUT2D eigenvalue weighted by atomic mass is 10.4. The molecule has 0 fully saturated rings. The Kier molecular flexibility index (Phi) is 2.60. The van der Waals surface area contributed by atoms with E-state index in [1.54, 1.807) is 6.92 Å². The highest BCUT2D eigenvalue weighted by atomic mass is 19.4. The summed E-state index contributed by atoms with van der Waals surface area (Å²) in [4.78, 5) is 0. The maximum absolute atomic E-state index is 12.1. The Bertz CT molecular complexity index is 282. The molecule has 6 heteroatoms. The number of alkyl halides is 3. The van der Waals surface area contributed by atoms with E-state index in [-0.39, 0.29) is 0 Å². The first-order chi connectivity index (χ1) is 5.95. The number of methoxy groups -OCH3 is 1. The zero-order valence-electron chi connectivity index (χ0n) is 7.17. The molecule has 0 amide bonds. The van der Waals surface area contributed by atoms with Crippen LogP contribution in [-0.4, -0.2) is 16.9 Å². The molecular weight excluding hydrogens is 185 g/mol. The Labute approximate surface area is 73.1 Å². The first-order valence-corrected chi connectivity index (χ1v) is 3.60. The first kappa shape index (κ1) is 10.0. The average Bonchev–Trinajstić information content (AvgIpc) is 2.50. The molecule has 0 N–H and O–H groups in total. The summed E-state index contributed by atoms with van der Waals surface area (Å²) in [5.41, 5.74) is -0.906. The Morgan fingerprint density at radius 1 is 1.54 bits per heavy atom. The van der Waals surface area contributed by atoms with Crippen LogP contribution in [0.25, 0.3) is 0 Å². The van der Waals surface area contributed by atoms with Crippen LogP contribution in [0.4, 0.5) is 13.2 Å². The van der Waals surface area contributed by atoms with Crippen LogP contribution in [0, 0.1) is 0 Å². The lowest BCUT2D eigenvalue weighted by molar-refractivity contribution is -0.141. The molecule has 3 nitrogen and oxygen atoms in total. The van der Waals surface area contributed by atoms with Gasteiger partial charge in [-0.1, -0.05) is 0 Å². The third-order valence-electron chi connectivity index (χ3n) is 1.61. The van der Waals surface area contributed by atoms with E-state index in [9.17, 15) is 13.2 Å². The predicted octanol–water partition coefficient (Wildman–Crippen LogP) is 2.07. The molecule has 0 aliphatic carbocycles. The van der Waals surface area contributed by atoms with Gasteiger partial charge in [0.2, 0.25) is 0 Å². The van der Waals surface area contributed by atoms with Gasteiger partial charge in [0.15, 0.2) is 5.69 Å². The summed E-state index contributed by atoms with van der Waals surface area (Å²) < 4.78 is 42.1. The number of nitrogens with zero attached hydrogens (tertiary/aromatic N) is 2. The molecule has 1 unspecified atom stereocenters. The average molecular weight is 194 g/mol. The number of hydrogen-bond acceptors (Lipinski definition) is 2. The van der Waals surface area contributed by atoms with E-state index < -0.39 is 18.1 Å². The van der Waals surface area contributed by atoms with Crippen molar-refractivity contribution < 1.29 is 17.9 Å². The van der Waals surface area contributed by atoms with Crippen LogP contribution >= 0.6 is 0 Å². The Hall–Kier alpha value is -1.04. The molecule has 0 aliphatic heterocycles. The van der Waals surface area contributed by atoms with Crippen LogP contribution < -0.4 is 0 Å². The van der Waals surface area contributed by atoms with Crippen molar-refractivity contribution in [3.8, 4) is 0 Å². The topological polar surface area (TPSA) is 27.1 Å². The number of hydrogen-bond donors (Lipinski definition) is 0. The van der Waals surface area contributed by atoms with Gasteiger partial charge in [0.1, 0.15) is 6.23 Å². The van der Waals surface area contributed by atoms with E-state index in [1.807, 2.05) is 0 Å². The maximum atomic E-state index is 12.1. The van der Waals surface area contributed by atoms with Gasteiger partial charge in [-0.3, -0.25) is 0 Å². The summed E-state index contributed by atoms with van der Waals surface area (Å²) in [6.07, 6.45) is -3.65. The maximum Gasteiger partial charge on any atom is 0.435 e. The quantitative estimate of drug-likeness (QED) is 0.720. The fourth-order valence-corrected chi connectivity index (χ4v) is 0.800. The monoisotopic (exact) mass is 194 g/mol. The smallest absolute Gasteiger partial charge is 0.360 e. The van der Waals surface area contributed by atoms with Crippen molar-refractivity contribution in [2.24, 2.45) is 0 Å². The largest absolute Gasteiger partial charge is 0.435 e. The van der Waals surface area contributed by atoms with E-state index in [0.717, 1.165) is 10.7 Å². The van der Waals surface area contributed by atoms with Gasteiger partial charge in [-0.15, -0.1) is 0 Å². The van der Waals surface area contributed by atoms with Gasteiger partial charge in [-0.2, -0.15) is 18.3 Å². The fourth-order valence-electron chi connectivity index (χ4n) is 0.800. The van der Waals surface area contributed by atoms with Crippen LogP contribution in [0.2, 0.25) is 0 Å². The van der Waals surface area contributed by atoms with Crippen molar-refractivity contribution in [1.82, 2.24) is 9.78 Å². The summed E-state index contributed by atoms with van der Waals surface area (Å²) in [6, 6.07) is 0.912. The van der Waals surface area contributed by atoms with E-state index >= 15 is 0 Å². The van der Waals surface area contributed by atoms with Gasteiger partial charge in [0.25, 0.3) is 0 Å².